The predicted octanol–water partition coefficient (Wildman–Crippen LogP) is 2.38. The zero-order valence-corrected chi connectivity index (χ0v) is 14.0. The summed E-state index contributed by atoms with van der Waals surface area (Å²) in [5.74, 6) is -3.13. The van der Waals surface area contributed by atoms with Gasteiger partial charge in [-0.1, -0.05) is 12.1 Å². The molecule has 3 fully saturated rings. The molecular weight excluding hydrogens is 367 g/mol. The summed E-state index contributed by atoms with van der Waals surface area (Å²) in [6.45, 7) is -0.718. The summed E-state index contributed by atoms with van der Waals surface area (Å²) in [5, 5.41) is 2.11. The number of benzene rings is 1. The van der Waals surface area contributed by atoms with Crippen LogP contribution in [0.25, 0.3) is 0 Å². The molecular formula is C18H16F3NO5. The fourth-order valence-corrected chi connectivity index (χ4v) is 4.58. The smallest absolute Gasteiger partial charge is 0.418 e. The number of rotatable bonds is 4. The van der Waals surface area contributed by atoms with Crippen molar-refractivity contribution in [1.29, 1.82) is 0 Å². The second-order valence-corrected chi connectivity index (χ2v) is 7.12. The van der Waals surface area contributed by atoms with E-state index in [1.807, 2.05) is 0 Å². The maximum atomic E-state index is 12.9. The number of hydrogen-bond donors (Lipinski definition) is 1. The lowest BCUT2D eigenvalue weighted by Gasteiger charge is -2.22. The highest BCUT2D eigenvalue weighted by Crippen LogP contribution is 2.57. The fourth-order valence-electron chi connectivity index (χ4n) is 4.58. The van der Waals surface area contributed by atoms with Gasteiger partial charge in [-0.2, -0.15) is 13.2 Å². The van der Waals surface area contributed by atoms with Gasteiger partial charge in [-0.3, -0.25) is 14.4 Å². The maximum absolute atomic E-state index is 12.9. The molecule has 1 aromatic carbocycles. The molecule has 9 heteroatoms. The molecule has 0 radical (unpaired) electrons. The van der Waals surface area contributed by atoms with E-state index in [9.17, 15) is 27.6 Å². The second kappa shape index (κ2) is 6.24. The highest BCUT2D eigenvalue weighted by atomic mass is 19.4. The predicted molar refractivity (Wildman–Crippen MR) is 84.1 cm³/mol. The third-order valence-corrected chi connectivity index (χ3v) is 5.61. The molecule has 0 spiro atoms. The van der Waals surface area contributed by atoms with Gasteiger partial charge in [0, 0.05) is 5.92 Å². The lowest BCUT2D eigenvalue weighted by molar-refractivity contribution is -0.157. The van der Waals surface area contributed by atoms with E-state index in [2.05, 4.69) is 5.32 Å². The van der Waals surface area contributed by atoms with E-state index >= 15 is 0 Å². The van der Waals surface area contributed by atoms with Gasteiger partial charge in [-0.15, -0.1) is 0 Å². The topological polar surface area (TPSA) is 81.7 Å². The third-order valence-electron chi connectivity index (χ3n) is 5.61. The average molecular weight is 383 g/mol. The van der Waals surface area contributed by atoms with Gasteiger partial charge in [0.15, 0.2) is 6.61 Å². The minimum atomic E-state index is -4.62. The number of carbonyl (C=O) groups excluding carboxylic acids is 3. The highest BCUT2D eigenvalue weighted by Gasteiger charge is 2.64. The largest absolute Gasteiger partial charge is 0.462 e. The minimum absolute atomic E-state index is 0.0158. The molecule has 1 aromatic rings. The number of fused-ring (bicyclic) bond motifs is 1. The highest BCUT2D eigenvalue weighted by molar-refractivity contribution is 5.94. The van der Waals surface area contributed by atoms with E-state index in [-0.39, 0.29) is 17.9 Å². The summed E-state index contributed by atoms with van der Waals surface area (Å²) in [4.78, 5) is 36.2. The van der Waals surface area contributed by atoms with Crippen LogP contribution in [0.3, 0.4) is 0 Å². The van der Waals surface area contributed by atoms with Crippen LogP contribution < -0.4 is 5.32 Å². The molecule has 2 aliphatic carbocycles. The molecule has 0 aromatic heterocycles. The molecule has 1 saturated heterocycles. The van der Waals surface area contributed by atoms with E-state index < -0.39 is 53.7 Å². The van der Waals surface area contributed by atoms with Crippen LogP contribution in [0.4, 0.5) is 18.9 Å². The van der Waals surface area contributed by atoms with Gasteiger partial charge in [0.2, 0.25) is 0 Å². The number of carbonyl (C=O) groups is 3. The standard InChI is InChI=1S/C18H16F3NO5/c19-18(20,21)10-3-1-2-4-11(10)22-13(23)7-26-16(24)14-8-5-9-12(6-8)27-17(25)15(9)14/h1-4,8-9,12,14-15H,5-7H2,(H,22,23)/t8-,9+,12+,14-,15-/m1/s1. The molecule has 0 unspecified atom stereocenters. The molecule has 1 amide bonds. The van der Waals surface area contributed by atoms with Gasteiger partial charge in [-0.25, -0.2) is 0 Å². The summed E-state index contributed by atoms with van der Waals surface area (Å²) in [5.41, 5.74) is -1.40. The number of amides is 1. The van der Waals surface area contributed by atoms with Crippen LogP contribution in [0, 0.1) is 23.7 Å². The van der Waals surface area contributed by atoms with E-state index in [0.29, 0.717) is 12.8 Å². The number of nitrogens with one attached hydrogen (secondary N) is 1. The first-order valence-corrected chi connectivity index (χ1v) is 8.59. The van der Waals surface area contributed by atoms with Gasteiger partial charge >= 0.3 is 18.1 Å². The van der Waals surface area contributed by atoms with Crippen molar-refractivity contribution in [2.45, 2.75) is 25.1 Å². The third kappa shape index (κ3) is 3.04. The molecule has 1 heterocycles. The number of ether oxygens (including phenoxy) is 2. The van der Waals surface area contributed by atoms with Crippen molar-refractivity contribution in [2.75, 3.05) is 11.9 Å². The number of esters is 2. The summed E-state index contributed by atoms with van der Waals surface area (Å²) < 4.78 is 49.1. The Bertz CT molecular complexity index is 806. The van der Waals surface area contributed by atoms with Crippen molar-refractivity contribution in [3.63, 3.8) is 0 Å². The Kier molecular flexibility index (Phi) is 4.12. The first-order chi connectivity index (χ1) is 12.8. The van der Waals surface area contributed by atoms with Gasteiger partial charge in [-0.05, 0) is 30.9 Å². The fraction of sp³-hybridized carbons (Fsp3) is 0.500. The number of para-hydroxylation sites is 1. The molecule has 1 aliphatic heterocycles. The minimum Gasteiger partial charge on any atom is -0.462 e. The van der Waals surface area contributed by atoms with Crippen molar-refractivity contribution in [2.24, 2.45) is 23.7 Å². The van der Waals surface area contributed by atoms with Crippen LogP contribution in [0.2, 0.25) is 0 Å². The van der Waals surface area contributed by atoms with Gasteiger partial charge in [0.25, 0.3) is 5.91 Å². The summed E-state index contributed by atoms with van der Waals surface area (Å²) in [7, 11) is 0. The quantitative estimate of drug-likeness (QED) is 0.808. The number of halogens is 3. The number of hydrogen-bond acceptors (Lipinski definition) is 5. The molecule has 1 N–H and O–H groups in total. The Hall–Kier alpha value is -2.58. The Morgan fingerprint density at radius 2 is 1.96 bits per heavy atom. The van der Waals surface area contributed by atoms with E-state index in [1.165, 1.54) is 12.1 Å². The number of anilines is 1. The second-order valence-electron chi connectivity index (χ2n) is 7.12. The van der Waals surface area contributed by atoms with Crippen molar-refractivity contribution in [1.82, 2.24) is 0 Å². The van der Waals surface area contributed by atoms with Crippen LogP contribution in [0.15, 0.2) is 24.3 Å². The summed E-state index contributed by atoms with van der Waals surface area (Å²) >= 11 is 0. The lowest BCUT2D eigenvalue weighted by atomic mass is 9.80. The Morgan fingerprint density at radius 1 is 1.22 bits per heavy atom. The maximum Gasteiger partial charge on any atom is 0.418 e. The monoisotopic (exact) mass is 383 g/mol. The first kappa shape index (κ1) is 17.8. The first-order valence-electron chi connectivity index (χ1n) is 8.59. The molecule has 2 saturated carbocycles. The Balaban J connectivity index is 1.37. The average Bonchev–Trinajstić information content (AvgIpc) is 3.21. The van der Waals surface area contributed by atoms with Crippen molar-refractivity contribution >= 4 is 23.5 Å². The molecule has 2 bridgehead atoms. The van der Waals surface area contributed by atoms with Gasteiger partial charge < -0.3 is 14.8 Å². The number of alkyl halides is 3. The normalized spacial score (nSPS) is 30.9. The van der Waals surface area contributed by atoms with Crippen LogP contribution in [-0.2, 0) is 30.0 Å². The molecule has 5 atom stereocenters. The zero-order chi connectivity index (χ0) is 19.3. The Morgan fingerprint density at radius 3 is 2.70 bits per heavy atom. The van der Waals surface area contributed by atoms with Crippen LogP contribution in [0.5, 0.6) is 0 Å². The SMILES string of the molecule is O=C(COC(=O)[C@@H]1[C@@H]2C[C@@H]3[C@H]1C(=O)O[C@H]3C2)Nc1ccccc1C(F)(F)F. The van der Waals surface area contributed by atoms with Crippen LogP contribution >= 0.6 is 0 Å². The zero-order valence-electron chi connectivity index (χ0n) is 14.0. The molecule has 3 aliphatic rings. The molecule has 27 heavy (non-hydrogen) atoms. The van der Waals surface area contributed by atoms with E-state index in [0.717, 1.165) is 12.1 Å². The molecule has 6 nitrogen and oxygen atoms in total. The van der Waals surface area contributed by atoms with E-state index in [1.54, 1.807) is 0 Å². The molecule has 144 valence electrons. The van der Waals surface area contributed by atoms with Crippen LogP contribution in [-0.4, -0.2) is 30.6 Å². The van der Waals surface area contributed by atoms with Crippen LogP contribution in [0.1, 0.15) is 18.4 Å². The van der Waals surface area contributed by atoms with Crippen molar-refractivity contribution < 1.29 is 37.0 Å². The summed E-state index contributed by atoms with van der Waals surface area (Å²) in [6.07, 6.45) is -3.42. The van der Waals surface area contributed by atoms with Crippen molar-refractivity contribution in [3.05, 3.63) is 29.8 Å². The summed E-state index contributed by atoms with van der Waals surface area (Å²) in [6, 6.07) is 4.53. The lowest BCUT2D eigenvalue weighted by Crippen LogP contribution is -2.35. The van der Waals surface area contributed by atoms with Gasteiger partial charge in [0.05, 0.1) is 23.1 Å². The molecule has 4 rings (SSSR count). The van der Waals surface area contributed by atoms with E-state index in [4.69, 9.17) is 9.47 Å². The Labute approximate surface area is 152 Å². The van der Waals surface area contributed by atoms with Gasteiger partial charge in [0.1, 0.15) is 6.10 Å². The van der Waals surface area contributed by atoms with Crippen molar-refractivity contribution in [3.8, 4) is 0 Å².